The topological polar surface area (TPSA) is 49.3 Å². The zero-order chi connectivity index (χ0) is 10.1. The van der Waals surface area contributed by atoms with E-state index in [-0.39, 0.29) is 5.92 Å². The number of amides is 1. The average Bonchev–Trinajstić information content (AvgIpc) is 2.10. The largest absolute Gasteiger partial charge is 0.465 e. The first kappa shape index (κ1) is 11.8. The normalized spacial score (nSPS) is 12.7. The van der Waals surface area contributed by atoms with E-state index in [4.69, 9.17) is 5.11 Å². The van der Waals surface area contributed by atoms with Crippen LogP contribution in [0.3, 0.4) is 0 Å². The fraction of sp³-hybridized carbons (Fsp3) is 0.500. The summed E-state index contributed by atoms with van der Waals surface area (Å²) in [6, 6.07) is 0. The molecule has 0 fully saturated rings. The van der Waals surface area contributed by atoms with Gasteiger partial charge in [0.15, 0.2) is 0 Å². The van der Waals surface area contributed by atoms with Gasteiger partial charge in [0.05, 0.1) is 0 Å². The molecule has 13 heavy (non-hydrogen) atoms. The number of allylic oxidation sites excluding steroid dienone is 2. The van der Waals surface area contributed by atoms with Gasteiger partial charge in [-0.15, -0.1) is 6.58 Å². The lowest BCUT2D eigenvalue weighted by atomic mass is 10.0. The quantitative estimate of drug-likeness (QED) is 0.621. The summed E-state index contributed by atoms with van der Waals surface area (Å²) < 4.78 is 0. The molecule has 1 amide bonds. The third-order valence-electron chi connectivity index (χ3n) is 1.79. The van der Waals surface area contributed by atoms with E-state index in [0.29, 0.717) is 6.54 Å². The van der Waals surface area contributed by atoms with Crippen molar-refractivity contribution < 1.29 is 9.90 Å². The fourth-order valence-corrected chi connectivity index (χ4v) is 0.999. The van der Waals surface area contributed by atoms with Gasteiger partial charge in [0, 0.05) is 6.54 Å². The zero-order valence-electron chi connectivity index (χ0n) is 7.99. The van der Waals surface area contributed by atoms with Crippen molar-refractivity contribution in [2.24, 2.45) is 5.92 Å². The summed E-state index contributed by atoms with van der Waals surface area (Å²) in [6.45, 7) is 6.09. The van der Waals surface area contributed by atoms with E-state index in [1.165, 1.54) is 0 Å². The maximum Gasteiger partial charge on any atom is 0.404 e. The Morgan fingerprint density at radius 2 is 2.38 bits per heavy atom. The Morgan fingerprint density at radius 1 is 1.69 bits per heavy atom. The van der Waals surface area contributed by atoms with Crippen molar-refractivity contribution in [1.82, 2.24) is 5.32 Å². The third-order valence-corrected chi connectivity index (χ3v) is 1.79. The van der Waals surface area contributed by atoms with Gasteiger partial charge in [-0.2, -0.15) is 0 Å². The van der Waals surface area contributed by atoms with Crippen molar-refractivity contribution in [2.75, 3.05) is 6.54 Å². The maximum atomic E-state index is 10.2. The number of rotatable bonds is 6. The average molecular weight is 183 g/mol. The van der Waals surface area contributed by atoms with E-state index in [1.807, 2.05) is 13.0 Å². The lowest BCUT2D eigenvalue weighted by Gasteiger charge is -2.10. The second-order valence-electron chi connectivity index (χ2n) is 2.83. The van der Waals surface area contributed by atoms with Gasteiger partial charge in [-0.3, -0.25) is 0 Å². The number of nitrogens with one attached hydrogen (secondary N) is 1. The van der Waals surface area contributed by atoms with Gasteiger partial charge < -0.3 is 10.4 Å². The summed E-state index contributed by atoms with van der Waals surface area (Å²) in [5.74, 6) is 0.229. The first-order valence-electron chi connectivity index (χ1n) is 4.41. The molecule has 0 saturated heterocycles. The molecule has 1 unspecified atom stereocenters. The van der Waals surface area contributed by atoms with E-state index in [1.54, 1.807) is 6.08 Å². The Kier molecular flexibility index (Phi) is 6.69. The van der Waals surface area contributed by atoms with Crippen LogP contribution in [-0.2, 0) is 0 Å². The van der Waals surface area contributed by atoms with Crippen LogP contribution < -0.4 is 5.32 Å². The van der Waals surface area contributed by atoms with Gasteiger partial charge >= 0.3 is 6.09 Å². The highest BCUT2D eigenvalue weighted by molar-refractivity contribution is 5.64. The molecule has 0 aromatic carbocycles. The highest BCUT2D eigenvalue weighted by Gasteiger charge is 2.03. The van der Waals surface area contributed by atoms with Crippen molar-refractivity contribution in [3.05, 3.63) is 24.8 Å². The molecule has 0 rings (SSSR count). The van der Waals surface area contributed by atoms with E-state index in [0.717, 1.165) is 12.8 Å². The summed E-state index contributed by atoms with van der Waals surface area (Å²) in [5, 5.41) is 10.7. The predicted molar refractivity (Wildman–Crippen MR) is 53.8 cm³/mol. The fourth-order valence-electron chi connectivity index (χ4n) is 0.999. The van der Waals surface area contributed by atoms with Crippen LogP contribution in [0.15, 0.2) is 24.8 Å². The SMILES string of the molecule is C=CC(CC/C=C\C)CNC(=O)O. The predicted octanol–water partition coefficient (Wildman–Crippen LogP) is 2.41. The van der Waals surface area contributed by atoms with Crippen LogP contribution in [0.5, 0.6) is 0 Å². The molecule has 0 heterocycles. The highest BCUT2D eigenvalue weighted by Crippen LogP contribution is 2.06. The number of hydrogen-bond donors (Lipinski definition) is 2. The summed E-state index contributed by atoms with van der Waals surface area (Å²) in [6.07, 6.45) is 6.78. The Hall–Kier alpha value is -1.25. The summed E-state index contributed by atoms with van der Waals surface area (Å²) in [7, 11) is 0. The lowest BCUT2D eigenvalue weighted by Crippen LogP contribution is -2.26. The smallest absolute Gasteiger partial charge is 0.404 e. The van der Waals surface area contributed by atoms with Crippen LogP contribution in [0, 0.1) is 5.92 Å². The van der Waals surface area contributed by atoms with Gasteiger partial charge in [0.2, 0.25) is 0 Å². The van der Waals surface area contributed by atoms with Gasteiger partial charge in [-0.05, 0) is 25.7 Å². The van der Waals surface area contributed by atoms with E-state index < -0.39 is 6.09 Å². The molecule has 0 spiro atoms. The van der Waals surface area contributed by atoms with Crippen molar-refractivity contribution in [3.8, 4) is 0 Å². The molecule has 2 N–H and O–H groups in total. The molecule has 0 saturated carbocycles. The maximum absolute atomic E-state index is 10.2. The van der Waals surface area contributed by atoms with E-state index >= 15 is 0 Å². The molecule has 3 heteroatoms. The van der Waals surface area contributed by atoms with Gasteiger partial charge in [-0.25, -0.2) is 4.79 Å². The van der Waals surface area contributed by atoms with Crippen LogP contribution in [0.25, 0.3) is 0 Å². The molecule has 0 bridgehead atoms. The van der Waals surface area contributed by atoms with Crippen LogP contribution >= 0.6 is 0 Å². The van der Waals surface area contributed by atoms with E-state index in [9.17, 15) is 4.79 Å². The second kappa shape index (κ2) is 7.40. The molecule has 1 atom stereocenters. The Labute approximate surface area is 79.2 Å². The summed E-state index contributed by atoms with van der Waals surface area (Å²) in [4.78, 5) is 10.2. The minimum atomic E-state index is -0.974. The van der Waals surface area contributed by atoms with Crippen molar-refractivity contribution in [2.45, 2.75) is 19.8 Å². The molecule has 0 aromatic rings. The van der Waals surface area contributed by atoms with Gasteiger partial charge in [-0.1, -0.05) is 18.2 Å². The monoisotopic (exact) mass is 183 g/mol. The first-order chi connectivity index (χ1) is 6.20. The van der Waals surface area contributed by atoms with Crippen molar-refractivity contribution >= 4 is 6.09 Å². The van der Waals surface area contributed by atoms with E-state index in [2.05, 4.69) is 18.0 Å². The molecule has 0 radical (unpaired) electrons. The number of carbonyl (C=O) groups is 1. The number of carboxylic acid groups (broad SMARTS) is 1. The molecular formula is C10H17NO2. The molecule has 0 aliphatic carbocycles. The second-order valence-corrected chi connectivity index (χ2v) is 2.83. The molecule has 0 aliphatic rings. The van der Waals surface area contributed by atoms with Crippen LogP contribution in [-0.4, -0.2) is 17.7 Å². The molecule has 3 nitrogen and oxygen atoms in total. The van der Waals surface area contributed by atoms with Crippen LogP contribution in [0.2, 0.25) is 0 Å². The Morgan fingerprint density at radius 3 is 2.85 bits per heavy atom. The number of hydrogen-bond acceptors (Lipinski definition) is 1. The Balaban J connectivity index is 3.62. The molecule has 0 aliphatic heterocycles. The van der Waals surface area contributed by atoms with Crippen LogP contribution in [0.1, 0.15) is 19.8 Å². The van der Waals surface area contributed by atoms with Crippen molar-refractivity contribution in [3.63, 3.8) is 0 Å². The van der Waals surface area contributed by atoms with Crippen molar-refractivity contribution in [1.29, 1.82) is 0 Å². The minimum absolute atomic E-state index is 0.229. The first-order valence-corrected chi connectivity index (χ1v) is 4.41. The van der Waals surface area contributed by atoms with Gasteiger partial charge in [0.25, 0.3) is 0 Å². The highest BCUT2D eigenvalue weighted by atomic mass is 16.4. The zero-order valence-corrected chi connectivity index (χ0v) is 7.99. The van der Waals surface area contributed by atoms with Gasteiger partial charge in [0.1, 0.15) is 0 Å². The lowest BCUT2D eigenvalue weighted by molar-refractivity contribution is 0.193. The Bertz CT molecular complexity index is 187. The molecule has 74 valence electrons. The molecular weight excluding hydrogens is 166 g/mol. The summed E-state index contributed by atoms with van der Waals surface area (Å²) in [5.41, 5.74) is 0. The minimum Gasteiger partial charge on any atom is -0.465 e. The van der Waals surface area contributed by atoms with Crippen LogP contribution in [0.4, 0.5) is 4.79 Å². The summed E-state index contributed by atoms with van der Waals surface area (Å²) >= 11 is 0. The standard InChI is InChI=1S/C10H17NO2/c1-3-5-6-7-9(4-2)8-11-10(12)13/h3-5,9,11H,2,6-8H2,1H3,(H,12,13)/b5-3-. The molecule has 0 aromatic heterocycles. The third kappa shape index (κ3) is 7.12.